The molecule has 1 aliphatic heterocycles. The highest BCUT2D eigenvalue weighted by Gasteiger charge is 2.33. The highest BCUT2D eigenvalue weighted by molar-refractivity contribution is 6.29. The average Bonchev–Trinajstić information content (AvgIpc) is 2.48. The number of carboxylic acid groups (broad SMARTS) is 2. The third-order valence-corrected chi connectivity index (χ3v) is 3.69. The second kappa shape index (κ2) is 4.39. The van der Waals surface area contributed by atoms with E-state index >= 15 is 0 Å². The van der Waals surface area contributed by atoms with E-state index in [1.165, 1.54) is 31.3 Å². The average molecular weight is 299 g/mol. The van der Waals surface area contributed by atoms with Crippen LogP contribution in [0.15, 0.2) is 24.3 Å². The maximum Gasteiger partial charge on any atom is 0.336 e. The van der Waals surface area contributed by atoms with E-state index in [1.54, 1.807) is 0 Å². The van der Waals surface area contributed by atoms with E-state index in [0.29, 0.717) is 0 Å². The van der Waals surface area contributed by atoms with Gasteiger partial charge >= 0.3 is 11.9 Å². The highest BCUT2D eigenvalue weighted by atomic mass is 16.4. The number of aromatic carboxylic acids is 2. The highest BCUT2D eigenvalue weighted by Crippen LogP contribution is 2.34. The first kappa shape index (κ1) is 13.7. The van der Waals surface area contributed by atoms with Gasteiger partial charge in [-0.15, -0.1) is 0 Å². The lowest BCUT2D eigenvalue weighted by molar-refractivity contribution is 0.0641. The fourth-order valence-corrected chi connectivity index (χ4v) is 2.66. The first-order valence-corrected chi connectivity index (χ1v) is 6.23. The van der Waals surface area contributed by atoms with Crippen molar-refractivity contribution < 1.29 is 29.4 Å². The molecule has 0 bridgehead atoms. The molecule has 2 aromatic rings. The summed E-state index contributed by atoms with van der Waals surface area (Å²) in [6, 6.07) is 4.95. The van der Waals surface area contributed by atoms with Crippen molar-refractivity contribution in [2.75, 3.05) is 7.05 Å². The largest absolute Gasteiger partial charge is 0.478 e. The molecule has 2 amide bonds. The van der Waals surface area contributed by atoms with Gasteiger partial charge in [-0.1, -0.05) is 0 Å². The van der Waals surface area contributed by atoms with Crippen molar-refractivity contribution in [3.8, 4) is 0 Å². The van der Waals surface area contributed by atoms with Crippen molar-refractivity contribution in [2.24, 2.45) is 0 Å². The van der Waals surface area contributed by atoms with Crippen molar-refractivity contribution in [1.29, 1.82) is 0 Å². The molecule has 0 aliphatic carbocycles. The Morgan fingerprint density at radius 2 is 1.23 bits per heavy atom. The summed E-state index contributed by atoms with van der Waals surface area (Å²) in [5.41, 5.74) is -0.299. The number of carbonyl (C=O) groups excluding carboxylic acids is 2. The Labute approximate surface area is 123 Å². The number of hydrogen-bond donors (Lipinski definition) is 2. The van der Waals surface area contributed by atoms with E-state index in [0.717, 1.165) is 4.90 Å². The molecule has 22 heavy (non-hydrogen) atoms. The maximum atomic E-state index is 12.2. The summed E-state index contributed by atoms with van der Waals surface area (Å²) in [4.78, 5) is 48.0. The van der Waals surface area contributed by atoms with Gasteiger partial charge < -0.3 is 10.2 Å². The monoisotopic (exact) mass is 299 g/mol. The zero-order valence-corrected chi connectivity index (χ0v) is 11.3. The van der Waals surface area contributed by atoms with E-state index in [4.69, 9.17) is 0 Å². The van der Waals surface area contributed by atoms with Gasteiger partial charge in [0.05, 0.1) is 11.1 Å². The number of hydrogen-bond acceptors (Lipinski definition) is 4. The summed E-state index contributed by atoms with van der Waals surface area (Å²) in [6.07, 6.45) is 0. The van der Waals surface area contributed by atoms with Gasteiger partial charge in [0.25, 0.3) is 11.8 Å². The van der Waals surface area contributed by atoms with Crippen LogP contribution in [0.1, 0.15) is 41.4 Å². The number of imide groups is 1. The molecular weight excluding hydrogens is 290 g/mol. The smallest absolute Gasteiger partial charge is 0.336 e. The van der Waals surface area contributed by atoms with Crippen LogP contribution in [0, 0.1) is 0 Å². The Kier molecular flexibility index (Phi) is 2.74. The molecule has 110 valence electrons. The molecule has 3 rings (SSSR count). The Hall–Kier alpha value is -3.22. The zero-order valence-electron chi connectivity index (χ0n) is 11.3. The van der Waals surface area contributed by atoms with E-state index in [9.17, 15) is 29.4 Å². The second-order valence-corrected chi connectivity index (χ2v) is 4.85. The van der Waals surface area contributed by atoms with Crippen LogP contribution in [0.25, 0.3) is 10.8 Å². The van der Waals surface area contributed by atoms with Gasteiger partial charge in [0, 0.05) is 28.9 Å². The number of nitrogens with zero attached hydrogens (tertiary/aromatic N) is 1. The van der Waals surface area contributed by atoms with Gasteiger partial charge in [0.2, 0.25) is 0 Å². The Morgan fingerprint density at radius 1 is 0.818 bits per heavy atom. The molecule has 2 aromatic carbocycles. The molecule has 1 heterocycles. The van der Waals surface area contributed by atoms with Crippen molar-refractivity contribution in [1.82, 2.24) is 4.90 Å². The van der Waals surface area contributed by atoms with Crippen LogP contribution >= 0.6 is 0 Å². The normalized spacial score (nSPS) is 13.6. The predicted octanol–water partition coefficient (Wildman–Crippen LogP) is 1.46. The lowest BCUT2D eigenvalue weighted by Crippen LogP contribution is -2.37. The van der Waals surface area contributed by atoms with Gasteiger partial charge in [-0.25, -0.2) is 9.59 Å². The summed E-state index contributed by atoms with van der Waals surface area (Å²) in [5, 5.41) is 18.5. The van der Waals surface area contributed by atoms with E-state index in [1.807, 2.05) is 0 Å². The van der Waals surface area contributed by atoms with Crippen LogP contribution < -0.4 is 0 Å². The molecule has 2 N–H and O–H groups in total. The minimum Gasteiger partial charge on any atom is -0.478 e. The number of rotatable bonds is 2. The quantitative estimate of drug-likeness (QED) is 0.812. The van der Waals surface area contributed by atoms with Gasteiger partial charge in [-0.3, -0.25) is 14.5 Å². The molecular formula is C15H9NO6. The summed E-state index contributed by atoms with van der Waals surface area (Å²) >= 11 is 0. The third-order valence-electron chi connectivity index (χ3n) is 3.69. The third kappa shape index (κ3) is 1.62. The van der Waals surface area contributed by atoms with Crippen LogP contribution in [-0.2, 0) is 0 Å². The maximum absolute atomic E-state index is 12.2. The molecule has 0 spiro atoms. The first-order valence-electron chi connectivity index (χ1n) is 6.23. The summed E-state index contributed by atoms with van der Waals surface area (Å²) in [7, 11) is 1.32. The minimum absolute atomic E-state index is 0.0768. The van der Waals surface area contributed by atoms with Gasteiger partial charge in [0.15, 0.2) is 0 Å². The summed E-state index contributed by atoms with van der Waals surface area (Å²) < 4.78 is 0. The topological polar surface area (TPSA) is 112 Å². The van der Waals surface area contributed by atoms with Crippen molar-refractivity contribution in [3.63, 3.8) is 0 Å². The fourth-order valence-electron chi connectivity index (χ4n) is 2.66. The molecule has 0 unspecified atom stereocenters. The molecule has 7 nitrogen and oxygen atoms in total. The van der Waals surface area contributed by atoms with E-state index in [-0.39, 0.29) is 33.0 Å². The number of amides is 2. The lowest BCUT2D eigenvalue weighted by Gasteiger charge is -2.24. The van der Waals surface area contributed by atoms with Crippen molar-refractivity contribution in [2.45, 2.75) is 0 Å². The molecule has 0 fully saturated rings. The van der Waals surface area contributed by atoms with Crippen LogP contribution in [0.2, 0.25) is 0 Å². The van der Waals surface area contributed by atoms with Gasteiger partial charge in [-0.2, -0.15) is 0 Å². The predicted molar refractivity (Wildman–Crippen MR) is 74.3 cm³/mol. The molecule has 0 atom stereocenters. The minimum atomic E-state index is -1.33. The molecule has 7 heteroatoms. The Bertz CT molecular complexity index is 830. The molecule has 0 saturated heterocycles. The van der Waals surface area contributed by atoms with E-state index < -0.39 is 23.8 Å². The molecule has 0 saturated carbocycles. The molecule has 0 aromatic heterocycles. The number of carbonyl (C=O) groups is 4. The molecule has 1 aliphatic rings. The zero-order chi connectivity index (χ0) is 16.2. The first-order chi connectivity index (χ1) is 10.3. The van der Waals surface area contributed by atoms with Gasteiger partial charge in [0.1, 0.15) is 0 Å². The number of benzene rings is 2. The molecule has 0 radical (unpaired) electrons. The Balaban J connectivity index is 2.59. The summed E-state index contributed by atoms with van der Waals surface area (Å²) in [6.45, 7) is 0. The lowest BCUT2D eigenvalue weighted by atomic mass is 9.88. The van der Waals surface area contributed by atoms with Crippen LogP contribution in [0.4, 0.5) is 0 Å². The van der Waals surface area contributed by atoms with Crippen molar-refractivity contribution in [3.05, 3.63) is 46.5 Å². The standard InChI is InChI=1S/C15H9NO6/c1-16-12(17)6-2-4-8(14(19)20)11-9(15(21)22)5-3-7(10(6)11)13(16)18/h2-5H,1H3,(H,19,20)(H,21,22). The summed E-state index contributed by atoms with van der Waals surface area (Å²) in [5.74, 6) is -3.85. The van der Waals surface area contributed by atoms with Crippen LogP contribution in [0.5, 0.6) is 0 Å². The van der Waals surface area contributed by atoms with Crippen molar-refractivity contribution >= 4 is 34.5 Å². The van der Waals surface area contributed by atoms with E-state index in [2.05, 4.69) is 0 Å². The van der Waals surface area contributed by atoms with Crippen LogP contribution in [0.3, 0.4) is 0 Å². The fraction of sp³-hybridized carbons (Fsp3) is 0.0667. The Morgan fingerprint density at radius 3 is 1.59 bits per heavy atom. The van der Waals surface area contributed by atoms with Crippen LogP contribution in [-0.4, -0.2) is 45.9 Å². The van der Waals surface area contributed by atoms with Gasteiger partial charge in [-0.05, 0) is 24.3 Å². The second-order valence-electron chi connectivity index (χ2n) is 4.85. The number of carboxylic acids is 2. The SMILES string of the molecule is CN1C(=O)c2ccc(C(=O)O)c3c(C(=O)O)ccc(c23)C1=O.